The van der Waals surface area contributed by atoms with Crippen LogP contribution in [0.3, 0.4) is 0 Å². The molecule has 8 nitrogen and oxygen atoms in total. The van der Waals surface area contributed by atoms with Gasteiger partial charge in [0.25, 0.3) is 0 Å². The Balaban J connectivity index is 1.25. The third-order valence-corrected chi connectivity index (χ3v) is 6.68. The molecule has 1 aliphatic carbocycles. The Morgan fingerprint density at radius 1 is 1.12 bits per heavy atom. The predicted molar refractivity (Wildman–Crippen MR) is 125 cm³/mol. The number of carbonyl (C=O) groups is 3. The van der Waals surface area contributed by atoms with Gasteiger partial charge in [0, 0.05) is 25.4 Å². The average Bonchev–Trinajstić information content (AvgIpc) is 3.15. The first-order valence-electron chi connectivity index (χ1n) is 11.6. The third kappa shape index (κ3) is 4.92. The van der Waals surface area contributed by atoms with Gasteiger partial charge in [0.1, 0.15) is 6.61 Å². The molecule has 4 rings (SSSR count). The number of hydrogen-bond donors (Lipinski definition) is 3. The first-order chi connectivity index (χ1) is 16.3. The number of alkyl carbamates (subject to hydrolysis) is 1. The van der Waals surface area contributed by atoms with Crippen LogP contribution in [0.15, 0.2) is 48.5 Å². The monoisotopic (exact) mass is 466 g/mol. The summed E-state index contributed by atoms with van der Waals surface area (Å²) in [6, 6.07) is 16.2. The van der Waals surface area contributed by atoms with E-state index in [9.17, 15) is 24.6 Å². The van der Waals surface area contributed by atoms with Crippen LogP contribution in [-0.2, 0) is 14.3 Å². The zero-order chi connectivity index (χ0) is 24.3. The number of hydrogen-bond acceptors (Lipinski definition) is 5. The van der Waals surface area contributed by atoms with Crippen molar-refractivity contribution in [2.45, 2.75) is 37.7 Å². The fraction of sp³-hybridized carbons (Fsp3) is 0.423. The zero-order valence-electron chi connectivity index (χ0n) is 19.2. The molecule has 2 amide bonds. The van der Waals surface area contributed by atoms with Gasteiger partial charge in [-0.1, -0.05) is 55.5 Å². The fourth-order valence-corrected chi connectivity index (χ4v) is 4.83. The van der Waals surface area contributed by atoms with Crippen LogP contribution in [0.2, 0.25) is 0 Å². The van der Waals surface area contributed by atoms with E-state index < -0.39 is 17.7 Å². The summed E-state index contributed by atoms with van der Waals surface area (Å²) in [5, 5.41) is 22.1. The van der Waals surface area contributed by atoms with Gasteiger partial charge < -0.3 is 25.2 Å². The molecule has 0 saturated carbocycles. The first kappa shape index (κ1) is 23.8. The van der Waals surface area contributed by atoms with Gasteiger partial charge in [-0.05, 0) is 41.0 Å². The number of rotatable bonds is 7. The van der Waals surface area contributed by atoms with Crippen molar-refractivity contribution < 1.29 is 29.3 Å². The van der Waals surface area contributed by atoms with Crippen LogP contribution in [0, 0.1) is 5.92 Å². The second-order valence-corrected chi connectivity index (χ2v) is 9.27. The van der Waals surface area contributed by atoms with Crippen LogP contribution in [0.5, 0.6) is 0 Å². The molecule has 1 fully saturated rings. The minimum atomic E-state index is -1.89. The van der Waals surface area contributed by atoms with Gasteiger partial charge >= 0.3 is 12.1 Å². The van der Waals surface area contributed by atoms with E-state index in [0.717, 1.165) is 22.3 Å². The molecule has 0 spiro atoms. The summed E-state index contributed by atoms with van der Waals surface area (Å²) < 4.78 is 5.52. The van der Waals surface area contributed by atoms with E-state index in [1.54, 1.807) is 0 Å². The van der Waals surface area contributed by atoms with E-state index in [4.69, 9.17) is 4.74 Å². The van der Waals surface area contributed by atoms with Crippen LogP contribution in [0.1, 0.15) is 43.2 Å². The number of carboxylic acid groups (broad SMARTS) is 1. The third-order valence-electron chi connectivity index (χ3n) is 6.68. The average molecular weight is 467 g/mol. The Labute approximate surface area is 198 Å². The number of ether oxygens (including phenoxy) is 1. The van der Waals surface area contributed by atoms with Gasteiger partial charge in [0.2, 0.25) is 5.91 Å². The molecule has 2 aromatic carbocycles. The van der Waals surface area contributed by atoms with E-state index >= 15 is 0 Å². The highest BCUT2D eigenvalue weighted by molar-refractivity contribution is 5.81. The maximum atomic E-state index is 12.6. The Kier molecular flexibility index (Phi) is 6.88. The lowest BCUT2D eigenvalue weighted by atomic mass is 9.92. The van der Waals surface area contributed by atoms with Gasteiger partial charge in [-0.2, -0.15) is 0 Å². The topological polar surface area (TPSA) is 116 Å². The maximum absolute atomic E-state index is 12.6. The van der Waals surface area contributed by atoms with Crippen molar-refractivity contribution in [2.24, 2.45) is 5.92 Å². The van der Waals surface area contributed by atoms with Gasteiger partial charge in [-0.15, -0.1) is 0 Å². The first-order valence-corrected chi connectivity index (χ1v) is 11.6. The molecule has 180 valence electrons. The summed E-state index contributed by atoms with van der Waals surface area (Å²) in [6.07, 6.45) is 0.157. The van der Waals surface area contributed by atoms with Gasteiger partial charge in [-0.25, -0.2) is 9.59 Å². The van der Waals surface area contributed by atoms with E-state index in [2.05, 4.69) is 29.6 Å². The summed E-state index contributed by atoms with van der Waals surface area (Å²) in [5.41, 5.74) is 2.70. The lowest BCUT2D eigenvalue weighted by molar-refractivity contribution is -0.166. The molecule has 0 aromatic heterocycles. The molecule has 8 heteroatoms. The molecule has 1 aliphatic heterocycles. The van der Waals surface area contributed by atoms with Crippen LogP contribution < -0.4 is 5.32 Å². The van der Waals surface area contributed by atoms with E-state index in [1.807, 2.05) is 31.2 Å². The molecule has 2 aliphatic rings. The number of aliphatic carboxylic acids is 1. The number of carboxylic acids is 1. The van der Waals surface area contributed by atoms with Gasteiger partial charge in [0.05, 0.1) is 6.54 Å². The second-order valence-electron chi connectivity index (χ2n) is 9.27. The van der Waals surface area contributed by atoms with Crippen LogP contribution in [0.25, 0.3) is 11.1 Å². The van der Waals surface area contributed by atoms with E-state index in [1.165, 1.54) is 4.90 Å². The normalized spacial score (nSPS) is 20.2. The number of benzene rings is 2. The smallest absolute Gasteiger partial charge is 0.407 e. The minimum absolute atomic E-state index is 0.0239. The summed E-state index contributed by atoms with van der Waals surface area (Å²) in [7, 11) is 0. The molecule has 2 unspecified atom stereocenters. The number of nitrogens with one attached hydrogen (secondary N) is 1. The van der Waals surface area contributed by atoms with Crippen molar-refractivity contribution in [3.63, 3.8) is 0 Å². The zero-order valence-corrected chi connectivity index (χ0v) is 19.2. The molecule has 2 atom stereocenters. The Hall–Kier alpha value is -3.39. The van der Waals surface area contributed by atoms with Crippen molar-refractivity contribution in [1.82, 2.24) is 10.2 Å². The molecule has 0 bridgehead atoms. The minimum Gasteiger partial charge on any atom is -0.479 e. The highest BCUT2D eigenvalue weighted by Gasteiger charge is 2.41. The number of fused-ring (bicyclic) bond motifs is 3. The molecular formula is C26H30N2O6. The number of carbonyl (C=O) groups excluding carboxylic acids is 2. The van der Waals surface area contributed by atoms with E-state index in [0.29, 0.717) is 13.0 Å². The van der Waals surface area contributed by atoms with Crippen LogP contribution in [0.4, 0.5) is 4.79 Å². The quantitative estimate of drug-likeness (QED) is 0.578. The van der Waals surface area contributed by atoms with Crippen LogP contribution in [-0.4, -0.2) is 64.9 Å². The van der Waals surface area contributed by atoms with Gasteiger partial charge in [0.15, 0.2) is 5.60 Å². The van der Waals surface area contributed by atoms with Crippen LogP contribution >= 0.6 is 0 Å². The number of nitrogens with zero attached hydrogens (tertiary/aromatic N) is 1. The summed E-state index contributed by atoms with van der Waals surface area (Å²) in [4.78, 5) is 37.6. The SMILES string of the molecule is CC(CNC(=O)OCC1c2ccccc2-c2ccccc21)CC(=O)N1CCCC(O)(C(=O)O)C1. The molecule has 1 heterocycles. The Bertz CT molecular complexity index is 1040. The predicted octanol–water partition coefficient (Wildman–Crippen LogP) is 2.99. The standard InChI is InChI=1S/C26H30N2O6/c1-17(13-23(29)28-12-6-11-26(33,16-28)24(30)31)14-27-25(32)34-15-22-20-9-4-2-7-18(20)19-8-3-5-10-21(19)22/h2-5,7-10,17,22,33H,6,11-16H2,1H3,(H,27,32)(H,30,31). The summed E-state index contributed by atoms with van der Waals surface area (Å²) in [6.45, 7) is 2.50. The molecule has 0 radical (unpaired) electrons. The van der Waals surface area contributed by atoms with Crippen molar-refractivity contribution in [1.29, 1.82) is 0 Å². The number of likely N-dealkylation sites (tertiary alicyclic amines) is 1. The maximum Gasteiger partial charge on any atom is 0.407 e. The molecular weight excluding hydrogens is 436 g/mol. The van der Waals surface area contributed by atoms with Crippen molar-refractivity contribution in [3.8, 4) is 11.1 Å². The summed E-state index contributed by atoms with van der Waals surface area (Å²) >= 11 is 0. The second kappa shape index (κ2) is 9.85. The summed E-state index contributed by atoms with van der Waals surface area (Å²) in [5.74, 6) is -1.74. The Morgan fingerprint density at radius 3 is 2.35 bits per heavy atom. The largest absolute Gasteiger partial charge is 0.479 e. The Morgan fingerprint density at radius 2 is 1.74 bits per heavy atom. The number of piperidine rings is 1. The van der Waals surface area contributed by atoms with Gasteiger partial charge in [-0.3, -0.25) is 4.79 Å². The molecule has 3 N–H and O–H groups in total. The number of aliphatic hydroxyl groups is 1. The van der Waals surface area contributed by atoms with Crippen molar-refractivity contribution in [3.05, 3.63) is 59.7 Å². The lowest BCUT2D eigenvalue weighted by Crippen LogP contribution is -2.54. The fourth-order valence-electron chi connectivity index (χ4n) is 4.83. The lowest BCUT2D eigenvalue weighted by Gasteiger charge is -2.36. The highest BCUT2D eigenvalue weighted by atomic mass is 16.5. The number of β-amino-alcohol motifs (C(OH)–C–C–N with tert-alkyl or cyclic N) is 1. The number of amides is 2. The van der Waals surface area contributed by atoms with Crippen molar-refractivity contribution >= 4 is 18.0 Å². The molecule has 1 saturated heterocycles. The van der Waals surface area contributed by atoms with E-state index in [-0.39, 0.29) is 50.3 Å². The van der Waals surface area contributed by atoms with Crippen molar-refractivity contribution in [2.75, 3.05) is 26.2 Å². The highest BCUT2D eigenvalue weighted by Crippen LogP contribution is 2.44. The molecule has 2 aromatic rings. The molecule has 34 heavy (non-hydrogen) atoms.